The van der Waals surface area contributed by atoms with E-state index in [4.69, 9.17) is 9.47 Å². The van der Waals surface area contributed by atoms with E-state index in [0.29, 0.717) is 23.8 Å². The van der Waals surface area contributed by atoms with E-state index in [9.17, 15) is 14.4 Å². The molecule has 1 heterocycles. The summed E-state index contributed by atoms with van der Waals surface area (Å²) in [7, 11) is 1.57. The topological polar surface area (TPSA) is 84.9 Å². The van der Waals surface area contributed by atoms with Crippen molar-refractivity contribution < 1.29 is 23.9 Å². The van der Waals surface area contributed by atoms with E-state index in [1.807, 2.05) is 6.92 Å². The van der Waals surface area contributed by atoms with Crippen molar-refractivity contribution in [2.24, 2.45) is 0 Å². The molecule has 1 N–H and O–H groups in total. The van der Waals surface area contributed by atoms with Crippen LogP contribution < -0.4 is 14.8 Å². The van der Waals surface area contributed by atoms with Crippen molar-refractivity contribution >= 4 is 40.6 Å². The van der Waals surface area contributed by atoms with E-state index < -0.39 is 17.1 Å². The first-order chi connectivity index (χ1) is 14.0. The molecule has 1 aliphatic rings. The molecule has 1 aliphatic heterocycles. The van der Waals surface area contributed by atoms with E-state index in [-0.39, 0.29) is 11.4 Å². The average Bonchev–Trinajstić information content (AvgIpc) is 2.97. The molecule has 0 atom stereocenters. The number of carbonyl (C=O) groups excluding carboxylic acids is 3. The van der Waals surface area contributed by atoms with Crippen LogP contribution in [0.15, 0.2) is 53.4 Å². The van der Waals surface area contributed by atoms with E-state index in [1.165, 1.54) is 0 Å². The number of nitrogens with zero attached hydrogens (tertiary/aromatic N) is 1. The van der Waals surface area contributed by atoms with Gasteiger partial charge in [-0.3, -0.25) is 19.3 Å². The summed E-state index contributed by atoms with van der Waals surface area (Å²) in [4.78, 5) is 38.2. The van der Waals surface area contributed by atoms with Crippen LogP contribution in [0.4, 0.5) is 10.5 Å². The van der Waals surface area contributed by atoms with E-state index >= 15 is 0 Å². The number of methoxy groups -OCH3 is 1. The number of hydrogen-bond donors (Lipinski definition) is 1. The molecule has 7 nitrogen and oxygen atoms in total. The molecule has 2 aromatic rings. The molecule has 0 aliphatic carbocycles. The number of imide groups is 1. The molecule has 0 aromatic heterocycles. The maximum absolute atomic E-state index is 12.5. The molecule has 3 rings (SSSR count). The van der Waals surface area contributed by atoms with Crippen molar-refractivity contribution in [3.8, 4) is 11.5 Å². The largest absolute Gasteiger partial charge is 0.497 e. The highest BCUT2D eigenvalue weighted by molar-refractivity contribution is 8.18. The minimum absolute atomic E-state index is 0.272. The maximum atomic E-state index is 12.5. The summed E-state index contributed by atoms with van der Waals surface area (Å²) in [6, 6.07) is 14.0. The van der Waals surface area contributed by atoms with Crippen molar-refractivity contribution in [2.45, 2.75) is 6.92 Å². The lowest BCUT2D eigenvalue weighted by Gasteiger charge is -2.12. The zero-order valence-corrected chi connectivity index (χ0v) is 16.8. The Hall–Kier alpha value is -3.26. The number of carbonyl (C=O) groups is 3. The van der Waals surface area contributed by atoms with Crippen LogP contribution in [0.5, 0.6) is 11.5 Å². The summed E-state index contributed by atoms with van der Waals surface area (Å²) in [5.74, 6) is 0.446. The Balaban J connectivity index is 1.63. The fourth-order valence-electron chi connectivity index (χ4n) is 2.63. The Labute approximate surface area is 172 Å². The van der Waals surface area contributed by atoms with Gasteiger partial charge >= 0.3 is 0 Å². The van der Waals surface area contributed by atoms with Gasteiger partial charge in [-0.05, 0) is 66.7 Å². The molecule has 29 heavy (non-hydrogen) atoms. The van der Waals surface area contributed by atoms with Crippen LogP contribution in [-0.2, 0) is 9.59 Å². The molecule has 3 amide bonds. The number of benzene rings is 2. The summed E-state index contributed by atoms with van der Waals surface area (Å²) in [5, 5.41) is 2.20. The number of ether oxygens (including phenoxy) is 2. The summed E-state index contributed by atoms with van der Waals surface area (Å²) in [6.07, 6.45) is 1.62. The van der Waals surface area contributed by atoms with Gasteiger partial charge in [0.1, 0.15) is 18.0 Å². The minimum Gasteiger partial charge on any atom is -0.497 e. The number of amides is 3. The van der Waals surface area contributed by atoms with Gasteiger partial charge in [-0.15, -0.1) is 0 Å². The molecular formula is C21H20N2O5S. The third-order valence-electron chi connectivity index (χ3n) is 4.04. The number of nitrogens with one attached hydrogen (secondary N) is 1. The average molecular weight is 412 g/mol. The quantitative estimate of drug-likeness (QED) is 0.697. The second-order valence-corrected chi connectivity index (χ2v) is 7.04. The summed E-state index contributed by atoms with van der Waals surface area (Å²) in [6.45, 7) is 2.09. The first kappa shape index (κ1) is 20.5. The van der Waals surface area contributed by atoms with E-state index in [1.54, 1.807) is 61.7 Å². The van der Waals surface area contributed by atoms with Crippen molar-refractivity contribution in [3.63, 3.8) is 0 Å². The van der Waals surface area contributed by atoms with Gasteiger partial charge in [0.05, 0.1) is 18.6 Å². The molecule has 0 unspecified atom stereocenters. The zero-order valence-electron chi connectivity index (χ0n) is 16.0. The molecule has 1 fully saturated rings. The number of thioether (sulfide) groups is 1. The SMILES string of the molecule is CCOc1ccc(NC(=O)CN2C(=O)S/C(=C/c3ccc(OC)cc3)C2=O)cc1. The third-order valence-corrected chi connectivity index (χ3v) is 4.95. The molecule has 0 bridgehead atoms. The Kier molecular flexibility index (Phi) is 6.56. The van der Waals surface area contributed by atoms with Crippen LogP contribution in [0, 0.1) is 0 Å². The Morgan fingerprint density at radius 1 is 1.07 bits per heavy atom. The summed E-state index contributed by atoms with van der Waals surface area (Å²) >= 11 is 0.813. The predicted molar refractivity (Wildman–Crippen MR) is 112 cm³/mol. The Bertz CT molecular complexity index is 939. The fraction of sp³-hybridized carbons (Fsp3) is 0.190. The molecule has 0 spiro atoms. The van der Waals surface area contributed by atoms with Gasteiger partial charge in [-0.2, -0.15) is 0 Å². The second-order valence-electron chi connectivity index (χ2n) is 6.05. The van der Waals surface area contributed by atoms with Crippen molar-refractivity contribution in [2.75, 3.05) is 25.6 Å². The van der Waals surface area contributed by atoms with E-state index in [2.05, 4.69) is 5.32 Å². The van der Waals surface area contributed by atoms with Crippen molar-refractivity contribution in [3.05, 3.63) is 59.0 Å². The lowest BCUT2D eigenvalue weighted by atomic mass is 10.2. The fourth-order valence-corrected chi connectivity index (χ4v) is 3.47. The molecule has 8 heteroatoms. The highest BCUT2D eigenvalue weighted by Gasteiger charge is 2.36. The standard InChI is InChI=1S/C21H20N2O5S/c1-3-28-17-10-6-15(7-11-17)22-19(24)13-23-20(25)18(29-21(23)26)12-14-4-8-16(27-2)9-5-14/h4-12H,3,13H2,1-2H3,(H,22,24)/b18-12+. The molecule has 2 aromatic carbocycles. The molecule has 0 radical (unpaired) electrons. The molecular weight excluding hydrogens is 392 g/mol. The van der Waals surface area contributed by atoms with Gasteiger partial charge in [-0.25, -0.2) is 0 Å². The normalized spacial score (nSPS) is 15.0. The Morgan fingerprint density at radius 3 is 2.34 bits per heavy atom. The Morgan fingerprint density at radius 2 is 1.72 bits per heavy atom. The second kappa shape index (κ2) is 9.29. The number of anilines is 1. The number of hydrogen-bond acceptors (Lipinski definition) is 6. The van der Waals surface area contributed by atoms with Gasteiger partial charge in [0.25, 0.3) is 11.1 Å². The van der Waals surface area contributed by atoms with E-state index in [0.717, 1.165) is 22.2 Å². The summed E-state index contributed by atoms with van der Waals surface area (Å²) in [5.41, 5.74) is 1.31. The summed E-state index contributed by atoms with van der Waals surface area (Å²) < 4.78 is 10.4. The zero-order chi connectivity index (χ0) is 20.8. The van der Waals surface area contributed by atoms with Crippen LogP contribution in [-0.4, -0.2) is 42.2 Å². The predicted octanol–water partition coefficient (Wildman–Crippen LogP) is 3.77. The van der Waals surface area contributed by atoms with Gasteiger partial charge in [-0.1, -0.05) is 12.1 Å². The lowest BCUT2D eigenvalue weighted by molar-refractivity contribution is -0.127. The lowest BCUT2D eigenvalue weighted by Crippen LogP contribution is -2.36. The van der Waals surface area contributed by atoms with Gasteiger partial charge in [0.15, 0.2) is 0 Å². The van der Waals surface area contributed by atoms with Gasteiger partial charge in [0, 0.05) is 5.69 Å². The van der Waals surface area contributed by atoms with Crippen molar-refractivity contribution in [1.82, 2.24) is 4.90 Å². The van der Waals surface area contributed by atoms with Crippen LogP contribution >= 0.6 is 11.8 Å². The highest BCUT2D eigenvalue weighted by atomic mass is 32.2. The maximum Gasteiger partial charge on any atom is 0.294 e. The van der Waals surface area contributed by atoms with Crippen LogP contribution in [0.1, 0.15) is 12.5 Å². The van der Waals surface area contributed by atoms with Crippen LogP contribution in [0.25, 0.3) is 6.08 Å². The highest BCUT2D eigenvalue weighted by Crippen LogP contribution is 2.32. The molecule has 1 saturated heterocycles. The monoisotopic (exact) mass is 412 g/mol. The molecule has 150 valence electrons. The first-order valence-electron chi connectivity index (χ1n) is 8.92. The number of rotatable bonds is 7. The van der Waals surface area contributed by atoms with Crippen molar-refractivity contribution in [1.29, 1.82) is 0 Å². The smallest absolute Gasteiger partial charge is 0.294 e. The van der Waals surface area contributed by atoms with Gasteiger partial charge in [0.2, 0.25) is 5.91 Å². The van der Waals surface area contributed by atoms with Gasteiger partial charge < -0.3 is 14.8 Å². The van der Waals surface area contributed by atoms with Crippen LogP contribution in [0.2, 0.25) is 0 Å². The molecule has 0 saturated carbocycles. The first-order valence-corrected chi connectivity index (χ1v) is 9.74. The third kappa shape index (κ3) is 5.17. The minimum atomic E-state index is -0.488. The van der Waals surface area contributed by atoms with Crippen LogP contribution in [0.3, 0.4) is 0 Å².